The lowest BCUT2D eigenvalue weighted by molar-refractivity contribution is -0.142. The maximum absolute atomic E-state index is 11.5. The van der Waals surface area contributed by atoms with Gasteiger partial charge in [0.05, 0.1) is 12.0 Å². The number of amides is 1. The van der Waals surface area contributed by atoms with Crippen molar-refractivity contribution in [3.8, 4) is 0 Å². The van der Waals surface area contributed by atoms with Gasteiger partial charge >= 0.3 is 5.97 Å². The van der Waals surface area contributed by atoms with Gasteiger partial charge in [0.1, 0.15) is 0 Å². The van der Waals surface area contributed by atoms with Crippen LogP contribution in [0.3, 0.4) is 0 Å². The van der Waals surface area contributed by atoms with Gasteiger partial charge in [0.2, 0.25) is 5.91 Å². The average Bonchev–Trinajstić information content (AvgIpc) is 2.15. The standard InChI is InChI=1S/C10H20N2O4/c1-3-7(5-11)9(15)12-6-10(2,16)4-8(13)14/h7,16H,3-6,11H2,1-2H3,(H,12,15)(H,13,14). The normalized spacial score (nSPS) is 16.2. The summed E-state index contributed by atoms with van der Waals surface area (Å²) in [7, 11) is 0. The molecule has 5 N–H and O–H groups in total. The van der Waals surface area contributed by atoms with E-state index in [2.05, 4.69) is 5.32 Å². The number of carbonyl (C=O) groups is 2. The lowest BCUT2D eigenvalue weighted by atomic mass is 10.0. The Labute approximate surface area is 94.8 Å². The minimum atomic E-state index is -1.44. The maximum Gasteiger partial charge on any atom is 0.306 e. The number of carboxylic acid groups (broad SMARTS) is 1. The fourth-order valence-corrected chi connectivity index (χ4v) is 1.27. The van der Waals surface area contributed by atoms with Gasteiger partial charge in [0, 0.05) is 19.0 Å². The Balaban J connectivity index is 4.12. The van der Waals surface area contributed by atoms with Crippen LogP contribution in [0.4, 0.5) is 0 Å². The minimum absolute atomic E-state index is 0.0887. The molecule has 0 rings (SSSR count). The number of hydrogen-bond donors (Lipinski definition) is 4. The number of rotatable bonds is 7. The molecule has 0 fully saturated rings. The fourth-order valence-electron chi connectivity index (χ4n) is 1.27. The number of carboxylic acids is 1. The zero-order valence-corrected chi connectivity index (χ0v) is 9.69. The predicted octanol–water partition coefficient (Wildman–Crippen LogP) is -0.687. The molecule has 0 aromatic rings. The molecule has 0 aromatic heterocycles. The number of nitrogens with two attached hydrogens (primary N) is 1. The Morgan fingerprint density at radius 3 is 2.44 bits per heavy atom. The second-order valence-corrected chi connectivity index (χ2v) is 4.13. The zero-order chi connectivity index (χ0) is 12.8. The average molecular weight is 232 g/mol. The molecule has 6 nitrogen and oxygen atoms in total. The summed E-state index contributed by atoms with van der Waals surface area (Å²) in [6.07, 6.45) is 0.204. The third kappa shape index (κ3) is 5.67. The highest BCUT2D eigenvalue weighted by Crippen LogP contribution is 2.08. The quantitative estimate of drug-likeness (QED) is 0.464. The molecule has 6 heteroatoms. The van der Waals surface area contributed by atoms with E-state index in [0.29, 0.717) is 6.42 Å². The van der Waals surface area contributed by atoms with Crippen LogP contribution in [0.25, 0.3) is 0 Å². The second-order valence-electron chi connectivity index (χ2n) is 4.13. The van der Waals surface area contributed by atoms with E-state index in [4.69, 9.17) is 10.8 Å². The van der Waals surface area contributed by atoms with Crippen LogP contribution in [0, 0.1) is 5.92 Å². The highest BCUT2D eigenvalue weighted by molar-refractivity contribution is 5.79. The van der Waals surface area contributed by atoms with Crippen molar-refractivity contribution < 1.29 is 19.8 Å². The van der Waals surface area contributed by atoms with Crippen molar-refractivity contribution >= 4 is 11.9 Å². The molecule has 16 heavy (non-hydrogen) atoms. The number of nitrogens with one attached hydrogen (secondary N) is 1. The minimum Gasteiger partial charge on any atom is -0.481 e. The Bertz CT molecular complexity index is 249. The summed E-state index contributed by atoms with van der Waals surface area (Å²) in [5.41, 5.74) is 3.95. The molecule has 1 amide bonds. The van der Waals surface area contributed by atoms with E-state index in [1.165, 1.54) is 6.92 Å². The van der Waals surface area contributed by atoms with E-state index in [-0.39, 0.29) is 24.9 Å². The first kappa shape index (κ1) is 14.9. The molecule has 0 aromatic carbocycles. The van der Waals surface area contributed by atoms with Gasteiger partial charge in [-0.1, -0.05) is 6.92 Å². The molecule has 94 valence electrons. The summed E-state index contributed by atoms with van der Waals surface area (Å²) in [6.45, 7) is 3.36. The summed E-state index contributed by atoms with van der Waals surface area (Å²) < 4.78 is 0. The molecule has 0 saturated heterocycles. The van der Waals surface area contributed by atoms with Gasteiger partial charge in [-0.05, 0) is 13.3 Å². The Morgan fingerprint density at radius 2 is 2.06 bits per heavy atom. The fraction of sp³-hybridized carbons (Fsp3) is 0.800. The molecule has 0 heterocycles. The number of aliphatic hydroxyl groups is 1. The lowest BCUT2D eigenvalue weighted by Gasteiger charge is -2.23. The molecule has 0 aliphatic heterocycles. The Kier molecular flexibility index (Phi) is 5.98. The van der Waals surface area contributed by atoms with Crippen LogP contribution >= 0.6 is 0 Å². The van der Waals surface area contributed by atoms with Crippen LogP contribution in [-0.2, 0) is 9.59 Å². The molecule has 0 bridgehead atoms. The summed E-state index contributed by atoms with van der Waals surface area (Å²) in [4.78, 5) is 21.9. The largest absolute Gasteiger partial charge is 0.481 e. The topological polar surface area (TPSA) is 113 Å². The predicted molar refractivity (Wildman–Crippen MR) is 58.7 cm³/mol. The molecule has 0 aliphatic carbocycles. The van der Waals surface area contributed by atoms with Crippen molar-refractivity contribution in [2.24, 2.45) is 11.7 Å². The van der Waals surface area contributed by atoms with Crippen LogP contribution < -0.4 is 11.1 Å². The maximum atomic E-state index is 11.5. The van der Waals surface area contributed by atoms with E-state index >= 15 is 0 Å². The van der Waals surface area contributed by atoms with E-state index in [9.17, 15) is 14.7 Å². The molecule has 2 atom stereocenters. The Morgan fingerprint density at radius 1 is 1.50 bits per heavy atom. The van der Waals surface area contributed by atoms with Crippen LogP contribution in [0.1, 0.15) is 26.7 Å². The van der Waals surface area contributed by atoms with Gasteiger partial charge in [-0.3, -0.25) is 9.59 Å². The van der Waals surface area contributed by atoms with E-state index < -0.39 is 18.0 Å². The van der Waals surface area contributed by atoms with E-state index in [1.54, 1.807) is 0 Å². The zero-order valence-electron chi connectivity index (χ0n) is 9.69. The number of carbonyl (C=O) groups excluding carboxylic acids is 1. The van der Waals surface area contributed by atoms with E-state index in [1.807, 2.05) is 6.92 Å². The van der Waals surface area contributed by atoms with Crippen molar-refractivity contribution in [2.45, 2.75) is 32.3 Å². The van der Waals surface area contributed by atoms with Crippen molar-refractivity contribution in [3.63, 3.8) is 0 Å². The van der Waals surface area contributed by atoms with Gasteiger partial charge in [0.25, 0.3) is 0 Å². The van der Waals surface area contributed by atoms with Gasteiger partial charge in [0.15, 0.2) is 0 Å². The molecular weight excluding hydrogens is 212 g/mol. The summed E-state index contributed by atoms with van der Waals surface area (Å²) in [6, 6.07) is 0. The second kappa shape index (κ2) is 6.44. The van der Waals surface area contributed by atoms with Crippen molar-refractivity contribution in [2.75, 3.05) is 13.1 Å². The first-order valence-electron chi connectivity index (χ1n) is 5.24. The lowest BCUT2D eigenvalue weighted by Crippen LogP contribution is -2.45. The van der Waals surface area contributed by atoms with Gasteiger partial charge in [-0.2, -0.15) is 0 Å². The highest BCUT2D eigenvalue weighted by Gasteiger charge is 2.26. The molecule has 0 saturated carbocycles. The monoisotopic (exact) mass is 232 g/mol. The number of hydrogen-bond acceptors (Lipinski definition) is 4. The van der Waals surface area contributed by atoms with Crippen molar-refractivity contribution in [1.82, 2.24) is 5.32 Å². The number of aliphatic carboxylic acids is 1. The van der Waals surface area contributed by atoms with Crippen LogP contribution in [-0.4, -0.2) is 40.8 Å². The van der Waals surface area contributed by atoms with E-state index in [0.717, 1.165) is 0 Å². The molecule has 0 spiro atoms. The molecular formula is C10H20N2O4. The van der Waals surface area contributed by atoms with Crippen LogP contribution in [0.5, 0.6) is 0 Å². The summed E-state index contributed by atoms with van der Waals surface area (Å²) >= 11 is 0. The third-order valence-electron chi connectivity index (χ3n) is 2.32. The first-order chi connectivity index (χ1) is 7.32. The van der Waals surface area contributed by atoms with Gasteiger partial charge in [-0.15, -0.1) is 0 Å². The Hall–Kier alpha value is -1.14. The van der Waals surface area contributed by atoms with Crippen LogP contribution in [0.2, 0.25) is 0 Å². The SMILES string of the molecule is CCC(CN)C(=O)NCC(C)(O)CC(=O)O. The van der Waals surface area contributed by atoms with Crippen molar-refractivity contribution in [3.05, 3.63) is 0 Å². The van der Waals surface area contributed by atoms with Gasteiger partial charge in [-0.25, -0.2) is 0 Å². The van der Waals surface area contributed by atoms with Gasteiger partial charge < -0.3 is 21.3 Å². The van der Waals surface area contributed by atoms with Crippen molar-refractivity contribution in [1.29, 1.82) is 0 Å². The van der Waals surface area contributed by atoms with Crippen LogP contribution in [0.15, 0.2) is 0 Å². The third-order valence-corrected chi connectivity index (χ3v) is 2.32. The summed E-state index contributed by atoms with van der Waals surface area (Å²) in [5.74, 6) is -1.65. The molecule has 0 aliphatic rings. The summed E-state index contributed by atoms with van der Waals surface area (Å²) in [5, 5.41) is 20.7. The molecule has 2 unspecified atom stereocenters. The smallest absolute Gasteiger partial charge is 0.306 e. The molecule has 0 radical (unpaired) electrons. The first-order valence-corrected chi connectivity index (χ1v) is 5.24. The highest BCUT2D eigenvalue weighted by atomic mass is 16.4.